The van der Waals surface area contributed by atoms with Crippen molar-refractivity contribution in [1.29, 1.82) is 0 Å². The summed E-state index contributed by atoms with van der Waals surface area (Å²) >= 11 is 0. The van der Waals surface area contributed by atoms with Crippen LogP contribution in [0.5, 0.6) is 0 Å². The lowest BCUT2D eigenvalue weighted by atomic mass is 9.68. The molecular weight excluding hydrogens is 490 g/mol. The number of aryl methyl sites for hydroxylation is 1. The van der Waals surface area contributed by atoms with Crippen LogP contribution < -0.4 is 5.32 Å². The lowest BCUT2D eigenvalue weighted by Crippen LogP contribution is -2.52. The third-order valence-corrected chi connectivity index (χ3v) is 8.96. The lowest BCUT2D eigenvalue weighted by Gasteiger charge is -2.37. The number of Topliss-reactive ketones (excluding diaryl/α,β-unsaturated/α-hetero) is 1. The summed E-state index contributed by atoms with van der Waals surface area (Å²) in [6.45, 7) is 2.67. The maximum Gasteiger partial charge on any atom is 0.269 e. The average molecular weight is 518 g/mol. The monoisotopic (exact) mass is 517 g/mol. The molecule has 4 atom stereocenters. The second-order valence-electron chi connectivity index (χ2n) is 10.9. The van der Waals surface area contributed by atoms with Gasteiger partial charge in [0.2, 0.25) is 5.91 Å². The number of amides is 1. The topological polar surface area (TPSA) is 92.5 Å². The van der Waals surface area contributed by atoms with E-state index in [2.05, 4.69) is 10.2 Å². The molecule has 2 fully saturated rings. The van der Waals surface area contributed by atoms with Gasteiger partial charge < -0.3 is 5.32 Å². The summed E-state index contributed by atoms with van der Waals surface area (Å²) in [5, 5.41) is 16.6. The van der Waals surface area contributed by atoms with E-state index in [9.17, 15) is 19.7 Å². The molecule has 7 rings (SSSR count). The largest absolute Gasteiger partial charge is 0.324 e. The highest BCUT2D eigenvalue weighted by Crippen LogP contribution is 2.61. The van der Waals surface area contributed by atoms with Gasteiger partial charge in [-0.1, -0.05) is 72.3 Å². The van der Waals surface area contributed by atoms with Crippen LogP contribution in [0.3, 0.4) is 0 Å². The number of non-ortho nitro benzene ring substituents is 1. The molecule has 4 aromatic rings. The fourth-order valence-electron chi connectivity index (χ4n) is 7.50. The van der Waals surface area contributed by atoms with Gasteiger partial charge in [-0.05, 0) is 48.7 Å². The Hall–Kier alpha value is -4.36. The number of anilines is 1. The van der Waals surface area contributed by atoms with Crippen molar-refractivity contribution in [2.75, 3.05) is 11.9 Å². The summed E-state index contributed by atoms with van der Waals surface area (Å²) in [6, 6.07) is 25.9. The number of nitro benzene ring substituents is 1. The van der Waals surface area contributed by atoms with E-state index in [0.29, 0.717) is 12.1 Å². The first-order valence-electron chi connectivity index (χ1n) is 13.4. The standard InChI is InChI=1S/C32H27N3O4/c1-19-14-15-26-25(17-19)32(31(37)33-26)29(30(36)24-12-5-8-20-7-2-3-11-23(20)24)28(27-13-6-16-34(27)32)21-9-4-10-22(18-21)35(38)39/h2-5,7-12,14-15,17-18,27-29H,6,13,16H2,1H3,(H,33,37)/t27?,28?,29?,32-/m1/s1. The number of rotatable bonds is 4. The van der Waals surface area contributed by atoms with Crippen LogP contribution in [0, 0.1) is 23.0 Å². The van der Waals surface area contributed by atoms with Gasteiger partial charge in [-0.25, -0.2) is 0 Å². The molecule has 7 nitrogen and oxygen atoms in total. The first-order valence-corrected chi connectivity index (χ1v) is 13.4. The van der Waals surface area contributed by atoms with Gasteiger partial charge in [0.05, 0.1) is 10.8 Å². The number of fused-ring (bicyclic) bond motifs is 5. The fraction of sp³-hybridized carbons (Fsp3) is 0.250. The van der Waals surface area contributed by atoms with Gasteiger partial charge >= 0.3 is 0 Å². The van der Waals surface area contributed by atoms with Crippen molar-refractivity contribution in [3.05, 3.63) is 117 Å². The Labute approximate surface area is 225 Å². The molecule has 3 aliphatic rings. The quantitative estimate of drug-likeness (QED) is 0.205. The molecular formula is C32H27N3O4. The van der Waals surface area contributed by atoms with Crippen LogP contribution in [-0.4, -0.2) is 34.1 Å². The molecule has 1 spiro atoms. The molecule has 2 saturated heterocycles. The Balaban J connectivity index is 1.52. The minimum Gasteiger partial charge on any atom is -0.324 e. The fourth-order valence-corrected chi connectivity index (χ4v) is 7.50. The minimum absolute atomic E-state index is 0.0125. The number of hydrogen-bond donors (Lipinski definition) is 1. The molecule has 3 heterocycles. The highest BCUT2D eigenvalue weighted by Gasteiger charge is 2.69. The van der Waals surface area contributed by atoms with Gasteiger partial charge in [0.25, 0.3) is 5.69 Å². The maximum atomic E-state index is 15.0. The zero-order valence-corrected chi connectivity index (χ0v) is 21.5. The first kappa shape index (κ1) is 23.7. The average Bonchev–Trinajstić information content (AvgIpc) is 3.61. The van der Waals surface area contributed by atoms with Crippen LogP contribution in [0.1, 0.15) is 45.8 Å². The van der Waals surface area contributed by atoms with Crippen molar-refractivity contribution in [3.63, 3.8) is 0 Å². The van der Waals surface area contributed by atoms with Gasteiger partial charge in [0.1, 0.15) is 5.54 Å². The number of carbonyl (C=O) groups is 2. The van der Waals surface area contributed by atoms with E-state index in [4.69, 9.17) is 0 Å². The maximum absolute atomic E-state index is 15.0. The Morgan fingerprint density at radius 3 is 2.67 bits per heavy atom. The van der Waals surface area contributed by atoms with E-state index >= 15 is 0 Å². The second-order valence-corrected chi connectivity index (χ2v) is 10.9. The van der Waals surface area contributed by atoms with Crippen molar-refractivity contribution in [1.82, 2.24) is 4.90 Å². The number of hydrogen-bond acceptors (Lipinski definition) is 5. The molecule has 3 unspecified atom stereocenters. The number of nitrogens with zero attached hydrogens (tertiary/aromatic N) is 2. The zero-order chi connectivity index (χ0) is 26.9. The van der Waals surface area contributed by atoms with E-state index in [1.54, 1.807) is 12.1 Å². The molecule has 1 amide bonds. The lowest BCUT2D eigenvalue weighted by molar-refractivity contribution is -0.384. The number of nitrogens with one attached hydrogen (secondary N) is 1. The molecule has 4 aromatic carbocycles. The summed E-state index contributed by atoms with van der Waals surface area (Å²) in [7, 11) is 0. The normalized spacial score (nSPS) is 25.6. The third-order valence-electron chi connectivity index (χ3n) is 8.96. The summed E-state index contributed by atoms with van der Waals surface area (Å²) in [5.41, 5.74) is 2.65. The highest BCUT2D eigenvalue weighted by molar-refractivity contribution is 6.16. The second kappa shape index (κ2) is 8.58. The van der Waals surface area contributed by atoms with Crippen molar-refractivity contribution in [2.24, 2.45) is 5.92 Å². The predicted molar refractivity (Wildman–Crippen MR) is 149 cm³/mol. The molecule has 0 radical (unpaired) electrons. The predicted octanol–water partition coefficient (Wildman–Crippen LogP) is 5.96. The van der Waals surface area contributed by atoms with E-state index in [-0.39, 0.29) is 23.4 Å². The van der Waals surface area contributed by atoms with E-state index in [1.807, 2.05) is 73.7 Å². The molecule has 0 saturated carbocycles. The Kier molecular flexibility index (Phi) is 5.22. The van der Waals surface area contributed by atoms with E-state index in [1.165, 1.54) is 6.07 Å². The third kappa shape index (κ3) is 3.26. The summed E-state index contributed by atoms with van der Waals surface area (Å²) in [5.74, 6) is -1.46. The first-order chi connectivity index (χ1) is 18.9. The Morgan fingerprint density at radius 1 is 1.03 bits per heavy atom. The summed E-state index contributed by atoms with van der Waals surface area (Å²) in [6.07, 6.45) is 1.70. The minimum atomic E-state index is -1.20. The number of nitro groups is 1. The van der Waals surface area contributed by atoms with Crippen molar-refractivity contribution in [2.45, 2.75) is 37.3 Å². The highest BCUT2D eigenvalue weighted by atomic mass is 16.6. The summed E-state index contributed by atoms with van der Waals surface area (Å²) < 4.78 is 0. The van der Waals surface area contributed by atoms with Crippen LogP contribution in [0.4, 0.5) is 11.4 Å². The van der Waals surface area contributed by atoms with Crippen LogP contribution in [0.15, 0.2) is 84.9 Å². The Bertz CT molecular complexity index is 1690. The van der Waals surface area contributed by atoms with Gasteiger partial charge in [-0.3, -0.25) is 24.6 Å². The van der Waals surface area contributed by atoms with Gasteiger partial charge in [0.15, 0.2) is 5.78 Å². The van der Waals surface area contributed by atoms with Gasteiger partial charge in [0, 0.05) is 40.9 Å². The van der Waals surface area contributed by atoms with Crippen LogP contribution >= 0.6 is 0 Å². The molecule has 1 N–H and O–H groups in total. The van der Waals surface area contributed by atoms with Crippen LogP contribution in [0.25, 0.3) is 10.8 Å². The molecule has 39 heavy (non-hydrogen) atoms. The Morgan fingerprint density at radius 2 is 1.82 bits per heavy atom. The van der Waals surface area contributed by atoms with E-state index in [0.717, 1.165) is 46.0 Å². The zero-order valence-electron chi connectivity index (χ0n) is 21.5. The van der Waals surface area contributed by atoms with E-state index < -0.39 is 22.3 Å². The number of benzene rings is 4. The SMILES string of the molecule is Cc1ccc2c(c1)[C@]1(C(=O)N2)C(C(=O)c2cccc3ccccc23)C(c2cccc([N+](=O)[O-])c2)C2CCCN21. The number of carbonyl (C=O) groups excluding carboxylic acids is 2. The van der Waals surface area contributed by atoms with Crippen molar-refractivity contribution in [3.8, 4) is 0 Å². The van der Waals surface area contributed by atoms with Gasteiger partial charge in [-0.2, -0.15) is 0 Å². The number of ketones is 1. The summed E-state index contributed by atoms with van der Waals surface area (Å²) in [4.78, 5) is 42.8. The molecule has 0 aromatic heterocycles. The van der Waals surface area contributed by atoms with Crippen LogP contribution in [0.2, 0.25) is 0 Å². The van der Waals surface area contributed by atoms with Crippen LogP contribution in [-0.2, 0) is 10.3 Å². The van der Waals surface area contributed by atoms with Gasteiger partial charge in [-0.15, -0.1) is 0 Å². The molecule has 3 aliphatic heterocycles. The van der Waals surface area contributed by atoms with Crippen molar-refractivity contribution < 1.29 is 14.5 Å². The van der Waals surface area contributed by atoms with Crippen molar-refractivity contribution >= 4 is 33.8 Å². The molecule has 0 bridgehead atoms. The molecule has 0 aliphatic carbocycles. The smallest absolute Gasteiger partial charge is 0.269 e. The molecule has 194 valence electrons. The molecule has 7 heteroatoms.